The molecule has 1 saturated heterocycles. The number of nitrogens with one attached hydrogen (secondary N) is 1. The van der Waals surface area contributed by atoms with Crippen molar-refractivity contribution in [3.05, 3.63) is 107 Å². The fourth-order valence-electron chi connectivity index (χ4n) is 5.45. The molecule has 15 heteroatoms. The number of esters is 2. The second-order valence-electron chi connectivity index (χ2n) is 11.4. The lowest BCUT2D eigenvalue weighted by Gasteiger charge is -2.47. The number of hydrogen-bond acceptors (Lipinski definition) is 11. The number of imide groups is 1. The van der Waals surface area contributed by atoms with Crippen LogP contribution in [0.4, 0.5) is 0 Å². The minimum atomic E-state index is -2.42. The maximum atomic E-state index is 13.9. The van der Waals surface area contributed by atoms with Gasteiger partial charge in [-0.05, 0) is 36.8 Å². The molecule has 3 aromatic rings. The van der Waals surface area contributed by atoms with Crippen LogP contribution in [-0.4, -0.2) is 81.4 Å². The monoisotopic (exact) mass is 744 g/mol. The van der Waals surface area contributed by atoms with Gasteiger partial charge in [-0.25, -0.2) is 4.79 Å². The topological polar surface area (TPSA) is 159 Å². The molecule has 2 heterocycles. The molecule has 1 fully saturated rings. The van der Waals surface area contributed by atoms with Crippen LogP contribution in [0.25, 0.3) is 0 Å². The zero-order valence-electron chi connectivity index (χ0n) is 26.5. The van der Waals surface area contributed by atoms with Crippen LogP contribution in [0.2, 0.25) is 0 Å². The highest BCUT2D eigenvalue weighted by Crippen LogP contribution is 2.38. The Kier molecular flexibility index (Phi) is 11.9. The number of carbonyl (C=O) groups is 5. The maximum absolute atomic E-state index is 13.9. The molecule has 0 bridgehead atoms. The highest BCUT2D eigenvalue weighted by atomic mass is 35.6. The molecule has 5 atom stereocenters. The highest BCUT2D eigenvalue weighted by molar-refractivity contribution is 6.76. The summed E-state index contributed by atoms with van der Waals surface area (Å²) in [5.41, 5.74) is 0.943. The molecule has 12 nitrogen and oxygen atoms in total. The molecule has 0 radical (unpaired) electrons. The number of benzene rings is 3. The molecule has 2 aliphatic heterocycles. The van der Waals surface area contributed by atoms with Crippen LogP contribution in [0.1, 0.15) is 56.4 Å². The zero-order chi connectivity index (χ0) is 36.0. The fourth-order valence-corrected chi connectivity index (χ4v) is 5.59. The largest absolute Gasteiger partial charge is 0.455 e. The van der Waals surface area contributed by atoms with E-state index >= 15 is 0 Å². The number of nitrogens with zero attached hydrogens (tertiary/aromatic N) is 1. The summed E-state index contributed by atoms with van der Waals surface area (Å²) in [6, 6.07) is 21.2. The Morgan fingerprint density at radius 3 is 1.96 bits per heavy atom. The molecule has 0 spiro atoms. The number of carbonyl (C=O) groups excluding carboxylic acids is 5. The van der Waals surface area contributed by atoms with Gasteiger partial charge in [0.25, 0.3) is 15.6 Å². The van der Waals surface area contributed by atoms with Crippen molar-refractivity contribution in [1.29, 1.82) is 5.41 Å². The van der Waals surface area contributed by atoms with Crippen molar-refractivity contribution >= 4 is 70.2 Å². The molecule has 2 amide bonds. The number of Topliss-reactive ketones (excluding diaryl/α,β-unsaturated/α-hetero) is 1. The van der Waals surface area contributed by atoms with Crippen molar-refractivity contribution in [2.24, 2.45) is 0 Å². The van der Waals surface area contributed by atoms with E-state index in [1.165, 1.54) is 31.2 Å². The SMILES string of the molecule is CC(=O)CCC(=O)O[C@H]1[C@H](OC(=O)c2ccccc2)[C@@H](N2C(=O)c3ccccc3C2=O)[C@H](OC(=N)C(Cl)(Cl)Cl)O[C@@H]1COCc1ccccc1. The summed E-state index contributed by atoms with van der Waals surface area (Å²) in [5, 5.41) is 8.34. The normalized spacial score (nSPS) is 21.7. The Morgan fingerprint density at radius 2 is 1.38 bits per heavy atom. The molecule has 3 aromatic carbocycles. The van der Waals surface area contributed by atoms with Crippen LogP contribution in [0.5, 0.6) is 0 Å². The minimum Gasteiger partial charge on any atom is -0.455 e. The summed E-state index contributed by atoms with van der Waals surface area (Å²) < 4.78 is 27.3. The number of rotatable bonds is 12. The molecular weight excluding hydrogens is 715 g/mol. The van der Waals surface area contributed by atoms with Gasteiger partial charge in [0.05, 0.1) is 36.3 Å². The van der Waals surface area contributed by atoms with Crippen LogP contribution in [-0.2, 0) is 39.9 Å². The van der Waals surface area contributed by atoms with Crippen LogP contribution >= 0.6 is 34.8 Å². The quantitative estimate of drug-likeness (QED) is 0.0830. The van der Waals surface area contributed by atoms with E-state index in [9.17, 15) is 24.0 Å². The number of amides is 2. The number of alkyl halides is 3. The summed E-state index contributed by atoms with van der Waals surface area (Å²) >= 11 is 17.9. The first kappa shape index (κ1) is 36.9. The third-order valence-corrected chi connectivity index (χ3v) is 8.34. The fraction of sp³-hybridized carbons (Fsp3) is 0.314. The van der Waals surface area contributed by atoms with E-state index in [4.69, 9.17) is 63.9 Å². The molecule has 262 valence electrons. The number of ether oxygens (including phenoxy) is 5. The lowest BCUT2D eigenvalue weighted by molar-refractivity contribution is -0.266. The Morgan fingerprint density at radius 1 is 0.800 bits per heavy atom. The predicted molar refractivity (Wildman–Crippen MR) is 180 cm³/mol. The summed E-state index contributed by atoms with van der Waals surface area (Å²) in [4.78, 5) is 67.2. The number of hydrogen-bond donors (Lipinski definition) is 1. The van der Waals surface area contributed by atoms with Crippen molar-refractivity contribution in [2.45, 2.75) is 60.8 Å². The van der Waals surface area contributed by atoms with Gasteiger partial charge in [0, 0.05) is 6.42 Å². The van der Waals surface area contributed by atoms with Gasteiger partial charge in [-0.1, -0.05) is 95.5 Å². The van der Waals surface area contributed by atoms with E-state index < -0.39 is 64.1 Å². The Bertz CT molecular complexity index is 1720. The third kappa shape index (κ3) is 8.69. The second kappa shape index (κ2) is 16.1. The van der Waals surface area contributed by atoms with E-state index in [1.807, 2.05) is 30.3 Å². The molecule has 50 heavy (non-hydrogen) atoms. The van der Waals surface area contributed by atoms with Crippen LogP contribution in [0.15, 0.2) is 84.9 Å². The van der Waals surface area contributed by atoms with Gasteiger partial charge in [-0.2, -0.15) is 0 Å². The first-order valence-electron chi connectivity index (χ1n) is 15.4. The van der Waals surface area contributed by atoms with Gasteiger partial charge in [0.15, 0.2) is 12.2 Å². The molecule has 2 aliphatic rings. The van der Waals surface area contributed by atoms with Crippen LogP contribution < -0.4 is 0 Å². The van der Waals surface area contributed by atoms with Crippen LogP contribution in [0.3, 0.4) is 0 Å². The van der Waals surface area contributed by atoms with Crippen molar-refractivity contribution < 1.29 is 47.7 Å². The Balaban J connectivity index is 1.60. The van der Waals surface area contributed by atoms with Gasteiger partial charge in [0.2, 0.25) is 12.2 Å². The first-order chi connectivity index (χ1) is 23.8. The van der Waals surface area contributed by atoms with E-state index in [-0.39, 0.29) is 48.5 Å². The van der Waals surface area contributed by atoms with E-state index in [0.717, 1.165) is 10.5 Å². The summed E-state index contributed by atoms with van der Waals surface area (Å²) in [6.45, 7) is 1.08. The van der Waals surface area contributed by atoms with Gasteiger partial charge in [-0.15, -0.1) is 0 Å². The number of halogens is 3. The van der Waals surface area contributed by atoms with Gasteiger partial charge < -0.3 is 28.5 Å². The number of fused-ring (bicyclic) bond motifs is 1. The molecule has 1 N–H and O–H groups in total. The van der Waals surface area contributed by atoms with Crippen molar-refractivity contribution in [2.75, 3.05) is 6.61 Å². The molecule has 0 unspecified atom stereocenters. The Hall–Kier alpha value is -4.33. The maximum Gasteiger partial charge on any atom is 0.338 e. The predicted octanol–water partition coefficient (Wildman–Crippen LogP) is 5.46. The van der Waals surface area contributed by atoms with Crippen molar-refractivity contribution in [1.82, 2.24) is 4.90 Å². The molecular formula is C35H31Cl3N2O10. The van der Waals surface area contributed by atoms with Crippen molar-refractivity contribution in [3.63, 3.8) is 0 Å². The molecule has 0 saturated carbocycles. The molecule has 5 rings (SSSR count). The van der Waals surface area contributed by atoms with E-state index in [0.29, 0.717) is 0 Å². The molecule has 0 aliphatic carbocycles. The average molecular weight is 746 g/mol. The van der Waals surface area contributed by atoms with E-state index in [1.54, 1.807) is 30.3 Å². The smallest absolute Gasteiger partial charge is 0.338 e. The summed E-state index contributed by atoms with van der Waals surface area (Å²) in [7, 11) is 0. The van der Waals surface area contributed by atoms with E-state index in [2.05, 4.69) is 0 Å². The zero-order valence-corrected chi connectivity index (χ0v) is 28.7. The highest BCUT2D eigenvalue weighted by Gasteiger charge is 2.58. The third-order valence-electron chi connectivity index (χ3n) is 7.82. The minimum absolute atomic E-state index is 0.0316. The van der Waals surface area contributed by atoms with Gasteiger partial charge in [0.1, 0.15) is 17.9 Å². The summed E-state index contributed by atoms with van der Waals surface area (Å²) in [6.07, 6.45) is -6.85. The number of ketones is 1. The van der Waals surface area contributed by atoms with Gasteiger partial charge in [-0.3, -0.25) is 24.7 Å². The second-order valence-corrected chi connectivity index (χ2v) is 13.7. The van der Waals surface area contributed by atoms with Crippen molar-refractivity contribution in [3.8, 4) is 0 Å². The average Bonchev–Trinajstić information content (AvgIpc) is 3.34. The Labute approximate surface area is 301 Å². The lowest BCUT2D eigenvalue weighted by atomic mass is 9.94. The standard InChI is InChI=1S/C35H31Cl3N2O10/c1-20(41)16-17-26(42)48-28-25(19-46-18-21-10-4-2-5-11-21)47-33(50-34(39)35(36,37)38)27(29(28)49-32(45)22-12-6-3-7-13-22)40-30(43)23-14-8-9-15-24(23)31(40)44/h2-15,25,27-29,33,39H,16-19H2,1H3/t25-,27-,28-,29-,33+/m1/s1. The van der Waals surface area contributed by atoms with Gasteiger partial charge >= 0.3 is 11.9 Å². The molecule has 0 aromatic heterocycles. The first-order valence-corrected chi connectivity index (χ1v) is 16.5. The lowest BCUT2D eigenvalue weighted by Crippen LogP contribution is -2.68. The summed E-state index contributed by atoms with van der Waals surface area (Å²) in [5.74, 6) is -4.62. The van der Waals surface area contributed by atoms with Crippen LogP contribution in [0, 0.1) is 5.41 Å².